The zero-order chi connectivity index (χ0) is 19.8. The minimum atomic E-state index is -1.76. The number of ketones is 3. The van der Waals surface area contributed by atoms with Crippen molar-refractivity contribution in [3.63, 3.8) is 0 Å². The van der Waals surface area contributed by atoms with Gasteiger partial charge in [-0.15, -0.1) is 0 Å². The summed E-state index contributed by atoms with van der Waals surface area (Å²) in [6.07, 6.45) is 3.87. The monoisotopic (exact) mass is 376 g/mol. The fourth-order valence-electron chi connectivity index (χ4n) is 6.64. The average Bonchev–Trinajstić information content (AvgIpc) is 2.87. The Labute approximate surface area is 157 Å². The van der Waals surface area contributed by atoms with Crippen LogP contribution < -0.4 is 0 Å². The van der Waals surface area contributed by atoms with Crippen LogP contribution in [0.15, 0.2) is 23.8 Å². The Bertz CT molecular complexity index is 800. The van der Waals surface area contributed by atoms with Crippen molar-refractivity contribution in [2.45, 2.75) is 51.3 Å². The minimum absolute atomic E-state index is 0.0165. The van der Waals surface area contributed by atoms with Crippen LogP contribution in [0.25, 0.3) is 0 Å². The standard InChI is InChI=1S/C21H25FO5/c1-19-5-3-11(24)7-14(19)15(22)8-12-13-4-6-21(27,17(26)10-23)20(13,2)9-16(25)18(12)19/h3,5,7,12-13,15,18,23,27H,4,6,8-10H2,1-2H3/t12-,13-,15-,18+,19-,20-,21-/m0/s1. The molecule has 0 saturated heterocycles. The number of carbonyl (C=O) groups excluding carboxylic acids is 3. The lowest BCUT2D eigenvalue weighted by Crippen LogP contribution is -2.61. The van der Waals surface area contributed by atoms with Gasteiger partial charge in [0.2, 0.25) is 0 Å². The Morgan fingerprint density at radius 2 is 2.04 bits per heavy atom. The first kappa shape index (κ1) is 18.7. The first-order valence-electron chi connectivity index (χ1n) is 9.57. The third-order valence-corrected chi connectivity index (χ3v) is 7.99. The van der Waals surface area contributed by atoms with E-state index in [-0.39, 0.29) is 42.7 Å². The smallest absolute Gasteiger partial charge is 0.190 e. The number of aliphatic hydroxyl groups is 2. The summed E-state index contributed by atoms with van der Waals surface area (Å²) in [6, 6.07) is 0. The van der Waals surface area contributed by atoms with Gasteiger partial charge in [0.05, 0.1) is 0 Å². The highest BCUT2D eigenvalue weighted by Crippen LogP contribution is 2.66. The highest BCUT2D eigenvalue weighted by atomic mass is 19.1. The maximum atomic E-state index is 15.1. The molecule has 3 fully saturated rings. The van der Waals surface area contributed by atoms with Crippen molar-refractivity contribution in [3.8, 4) is 0 Å². The van der Waals surface area contributed by atoms with Crippen LogP contribution in [0.2, 0.25) is 0 Å². The lowest BCUT2D eigenvalue weighted by Gasteiger charge is -2.57. The zero-order valence-corrected chi connectivity index (χ0v) is 15.6. The number of allylic oxidation sites excluding steroid dienone is 4. The molecule has 4 aliphatic rings. The molecule has 0 aromatic rings. The fourth-order valence-corrected chi connectivity index (χ4v) is 6.64. The molecule has 5 nitrogen and oxygen atoms in total. The van der Waals surface area contributed by atoms with Gasteiger partial charge in [-0.3, -0.25) is 14.4 Å². The summed E-state index contributed by atoms with van der Waals surface area (Å²) in [5.41, 5.74) is -3.24. The first-order chi connectivity index (χ1) is 12.6. The van der Waals surface area contributed by atoms with Crippen molar-refractivity contribution in [1.29, 1.82) is 0 Å². The second-order valence-corrected chi connectivity index (χ2v) is 9.11. The van der Waals surface area contributed by atoms with Crippen molar-refractivity contribution in [2.24, 2.45) is 28.6 Å². The summed E-state index contributed by atoms with van der Waals surface area (Å²) in [7, 11) is 0. The van der Waals surface area contributed by atoms with Gasteiger partial charge in [0.15, 0.2) is 11.6 Å². The number of halogens is 1. The molecule has 0 heterocycles. The van der Waals surface area contributed by atoms with E-state index < -0.39 is 40.9 Å². The van der Waals surface area contributed by atoms with Gasteiger partial charge in [0.1, 0.15) is 24.2 Å². The molecule has 4 aliphatic carbocycles. The van der Waals surface area contributed by atoms with Crippen LogP contribution in [0.3, 0.4) is 0 Å². The van der Waals surface area contributed by atoms with Crippen molar-refractivity contribution in [1.82, 2.24) is 0 Å². The lowest BCUT2D eigenvalue weighted by atomic mass is 9.46. The third-order valence-electron chi connectivity index (χ3n) is 7.99. The zero-order valence-electron chi connectivity index (χ0n) is 15.6. The average molecular weight is 376 g/mol. The highest BCUT2D eigenvalue weighted by molar-refractivity contribution is 6.02. The van der Waals surface area contributed by atoms with E-state index in [1.165, 1.54) is 12.2 Å². The van der Waals surface area contributed by atoms with Crippen LogP contribution in [0.5, 0.6) is 0 Å². The van der Waals surface area contributed by atoms with E-state index in [2.05, 4.69) is 0 Å². The second-order valence-electron chi connectivity index (χ2n) is 9.11. The van der Waals surface area contributed by atoms with Crippen LogP contribution in [-0.2, 0) is 14.4 Å². The van der Waals surface area contributed by atoms with Crippen LogP contribution in [-0.4, -0.2) is 45.9 Å². The summed E-state index contributed by atoms with van der Waals surface area (Å²) in [5, 5.41) is 20.4. The third kappa shape index (κ3) is 2.20. The van der Waals surface area contributed by atoms with E-state index in [0.717, 1.165) is 0 Å². The Hall–Kier alpha value is -1.66. The SMILES string of the molecule is C[C@]12C=CC(=O)C=C1[C@@H](F)C[C@@H]1[C@@H]2C(=O)C[C@@]2(C)[C@H]1CC[C@]2(O)C(=O)CO. The normalized spacial score (nSPS) is 48.6. The summed E-state index contributed by atoms with van der Waals surface area (Å²) in [6.45, 7) is 2.77. The molecule has 0 aliphatic heterocycles. The lowest BCUT2D eigenvalue weighted by molar-refractivity contribution is -0.169. The molecule has 0 radical (unpaired) electrons. The van der Waals surface area contributed by atoms with E-state index >= 15 is 4.39 Å². The topological polar surface area (TPSA) is 91.7 Å². The number of aliphatic hydroxyl groups excluding tert-OH is 1. The van der Waals surface area contributed by atoms with Gasteiger partial charge in [0, 0.05) is 23.2 Å². The summed E-state index contributed by atoms with van der Waals surface area (Å²) >= 11 is 0. The Balaban J connectivity index is 1.79. The molecular weight excluding hydrogens is 351 g/mol. The largest absolute Gasteiger partial charge is 0.388 e. The van der Waals surface area contributed by atoms with Gasteiger partial charge in [0.25, 0.3) is 0 Å². The van der Waals surface area contributed by atoms with E-state index in [1.54, 1.807) is 13.0 Å². The molecule has 0 spiro atoms. The van der Waals surface area contributed by atoms with Gasteiger partial charge in [-0.1, -0.05) is 19.9 Å². The van der Waals surface area contributed by atoms with Crippen LogP contribution in [0.4, 0.5) is 4.39 Å². The van der Waals surface area contributed by atoms with Crippen molar-refractivity contribution < 1.29 is 29.0 Å². The molecule has 2 N–H and O–H groups in total. The van der Waals surface area contributed by atoms with E-state index in [9.17, 15) is 24.6 Å². The molecular formula is C21H25FO5. The highest BCUT2D eigenvalue weighted by Gasteiger charge is 2.69. The van der Waals surface area contributed by atoms with Gasteiger partial charge >= 0.3 is 0 Å². The van der Waals surface area contributed by atoms with Gasteiger partial charge in [-0.25, -0.2) is 4.39 Å². The molecule has 0 aromatic heterocycles. The van der Waals surface area contributed by atoms with Crippen LogP contribution in [0, 0.1) is 28.6 Å². The summed E-state index contributed by atoms with van der Waals surface area (Å²) in [4.78, 5) is 37.3. The molecule has 6 heteroatoms. The first-order valence-corrected chi connectivity index (χ1v) is 9.57. The van der Waals surface area contributed by atoms with Gasteiger partial charge in [-0.05, 0) is 48.8 Å². The number of carbonyl (C=O) groups is 3. The van der Waals surface area contributed by atoms with Crippen molar-refractivity contribution in [2.75, 3.05) is 6.61 Å². The maximum absolute atomic E-state index is 15.1. The molecule has 0 bridgehead atoms. The minimum Gasteiger partial charge on any atom is -0.388 e. The van der Waals surface area contributed by atoms with E-state index in [4.69, 9.17) is 0 Å². The Morgan fingerprint density at radius 3 is 2.70 bits per heavy atom. The van der Waals surface area contributed by atoms with Crippen LogP contribution >= 0.6 is 0 Å². The molecule has 0 aromatic carbocycles. The number of hydrogen-bond donors (Lipinski definition) is 2. The quantitative estimate of drug-likeness (QED) is 0.766. The van der Waals surface area contributed by atoms with Crippen molar-refractivity contribution in [3.05, 3.63) is 23.8 Å². The van der Waals surface area contributed by atoms with Crippen molar-refractivity contribution >= 4 is 17.3 Å². The summed E-state index contributed by atoms with van der Waals surface area (Å²) in [5.74, 6) is -2.01. The number of fused-ring (bicyclic) bond motifs is 5. The molecule has 0 unspecified atom stereocenters. The predicted molar refractivity (Wildman–Crippen MR) is 94.3 cm³/mol. The molecule has 7 atom stereocenters. The fraction of sp³-hybridized carbons (Fsp3) is 0.667. The van der Waals surface area contributed by atoms with Gasteiger partial charge < -0.3 is 10.2 Å². The molecule has 0 amide bonds. The summed E-state index contributed by atoms with van der Waals surface area (Å²) < 4.78 is 15.1. The van der Waals surface area contributed by atoms with E-state index in [1.807, 2.05) is 6.92 Å². The number of rotatable bonds is 2. The second kappa shape index (κ2) is 5.67. The molecule has 3 saturated carbocycles. The predicted octanol–water partition coefficient (Wildman–Crippen LogP) is 1.71. The Kier molecular flexibility index (Phi) is 3.93. The van der Waals surface area contributed by atoms with E-state index in [0.29, 0.717) is 12.0 Å². The number of hydrogen-bond acceptors (Lipinski definition) is 5. The molecule has 4 rings (SSSR count). The molecule has 146 valence electrons. The number of Topliss-reactive ketones (excluding diaryl/α,β-unsaturated/α-hetero) is 2. The van der Waals surface area contributed by atoms with Gasteiger partial charge in [-0.2, -0.15) is 0 Å². The molecule has 27 heavy (non-hydrogen) atoms. The maximum Gasteiger partial charge on any atom is 0.190 e. The van der Waals surface area contributed by atoms with Crippen LogP contribution in [0.1, 0.15) is 39.5 Å². The number of alkyl halides is 1. The Morgan fingerprint density at radius 1 is 1.33 bits per heavy atom.